The molecule has 2 aromatic carbocycles. The smallest absolute Gasteiger partial charge is 0.189 e. The van der Waals surface area contributed by atoms with Gasteiger partial charge in [0.15, 0.2) is 29.0 Å². The van der Waals surface area contributed by atoms with E-state index in [0.29, 0.717) is 42.0 Å². The van der Waals surface area contributed by atoms with E-state index in [2.05, 4.69) is 10.3 Å². The number of aliphatic imine (C=N–C) groups is 1. The van der Waals surface area contributed by atoms with E-state index < -0.39 is 0 Å². The number of aliphatic hydroxyl groups excluding tert-OH is 1. The Morgan fingerprint density at radius 1 is 0.931 bits per heavy atom. The van der Waals surface area contributed by atoms with Gasteiger partial charge in [0.2, 0.25) is 0 Å². The lowest BCUT2D eigenvalue weighted by molar-refractivity contribution is 0.196. The van der Waals surface area contributed by atoms with Crippen LogP contribution in [0.1, 0.15) is 11.1 Å². The number of nitrogens with one attached hydrogen (secondary N) is 1. The maximum Gasteiger partial charge on any atom is 0.189 e. The highest BCUT2D eigenvalue weighted by atomic mass is 127. The van der Waals surface area contributed by atoms with Crippen LogP contribution in [0.5, 0.6) is 23.0 Å². The summed E-state index contributed by atoms with van der Waals surface area (Å²) in [5.41, 5.74) is 7.87. The van der Waals surface area contributed by atoms with Gasteiger partial charge in [0.05, 0.1) is 34.5 Å². The van der Waals surface area contributed by atoms with Gasteiger partial charge in [0, 0.05) is 6.54 Å². The van der Waals surface area contributed by atoms with Gasteiger partial charge in [-0.05, 0) is 35.4 Å². The van der Waals surface area contributed by atoms with Gasteiger partial charge in [-0.25, -0.2) is 4.99 Å². The fourth-order valence-corrected chi connectivity index (χ4v) is 2.50. The van der Waals surface area contributed by atoms with Crippen LogP contribution in [-0.2, 0) is 13.1 Å². The Kier molecular flexibility index (Phi) is 11.0. The molecule has 0 saturated heterocycles. The molecule has 2 rings (SSSR count). The molecule has 0 radical (unpaired) electrons. The number of halogens is 1. The average Bonchev–Trinajstić information content (AvgIpc) is 2.74. The zero-order valence-corrected chi connectivity index (χ0v) is 19.1. The van der Waals surface area contributed by atoms with E-state index in [0.717, 1.165) is 11.1 Å². The lowest BCUT2D eigenvalue weighted by Crippen LogP contribution is -2.31. The molecule has 0 aliphatic carbocycles. The third-order valence-electron chi connectivity index (χ3n) is 3.93. The van der Waals surface area contributed by atoms with E-state index in [4.69, 9.17) is 29.8 Å². The lowest BCUT2D eigenvalue weighted by Gasteiger charge is -2.12. The molecule has 0 atom stereocenters. The highest BCUT2D eigenvalue weighted by molar-refractivity contribution is 14.0. The van der Waals surface area contributed by atoms with Crippen LogP contribution in [0.2, 0.25) is 0 Å². The third kappa shape index (κ3) is 7.50. The van der Waals surface area contributed by atoms with Crippen LogP contribution in [0.15, 0.2) is 41.4 Å². The predicted octanol–water partition coefficient (Wildman–Crippen LogP) is 2.31. The van der Waals surface area contributed by atoms with Crippen LogP contribution in [0.25, 0.3) is 0 Å². The average molecular weight is 517 g/mol. The third-order valence-corrected chi connectivity index (χ3v) is 3.93. The van der Waals surface area contributed by atoms with Crippen molar-refractivity contribution in [2.75, 3.05) is 34.5 Å². The van der Waals surface area contributed by atoms with Crippen LogP contribution < -0.4 is 30.0 Å². The summed E-state index contributed by atoms with van der Waals surface area (Å²) in [5, 5.41) is 11.9. The van der Waals surface area contributed by atoms with E-state index in [1.165, 1.54) is 0 Å². The fraction of sp³-hybridized carbons (Fsp3) is 0.350. The molecule has 29 heavy (non-hydrogen) atoms. The van der Waals surface area contributed by atoms with Crippen LogP contribution in [0.4, 0.5) is 0 Å². The summed E-state index contributed by atoms with van der Waals surface area (Å²) in [6.45, 7) is 1.05. The number of methoxy groups -OCH3 is 3. The molecule has 160 valence electrons. The van der Waals surface area contributed by atoms with E-state index in [9.17, 15) is 0 Å². The van der Waals surface area contributed by atoms with E-state index in [1.54, 1.807) is 27.4 Å². The van der Waals surface area contributed by atoms with Crippen molar-refractivity contribution >= 4 is 29.9 Å². The largest absolute Gasteiger partial charge is 0.493 e. The second-order valence-electron chi connectivity index (χ2n) is 5.80. The van der Waals surface area contributed by atoms with Crippen LogP contribution >= 0.6 is 24.0 Å². The number of hydrogen-bond acceptors (Lipinski definition) is 6. The van der Waals surface area contributed by atoms with Gasteiger partial charge in [-0.3, -0.25) is 0 Å². The van der Waals surface area contributed by atoms with Gasteiger partial charge < -0.3 is 35.1 Å². The number of nitrogens with two attached hydrogens (primary N) is 1. The maximum absolute atomic E-state index is 8.86. The van der Waals surface area contributed by atoms with Crippen LogP contribution in [0.3, 0.4) is 0 Å². The zero-order valence-electron chi connectivity index (χ0n) is 16.8. The van der Waals surface area contributed by atoms with E-state index in [-0.39, 0.29) is 37.2 Å². The Bertz CT molecular complexity index is 802. The van der Waals surface area contributed by atoms with Crippen molar-refractivity contribution in [3.63, 3.8) is 0 Å². The summed E-state index contributed by atoms with van der Waals surface area (Å²) in [6, 6.07) is 11.1. The molecule has 0 heterocycles. The molecule has 0 aliphatic rings. The van der Waals surface area contributed by atoms with E-state index >= 15 is 0 Å². The molecule has 0 unspecified atom stereocenters. The molecule has 0 bridgehead atoms. The first kappa shape index (κ1) is 24.6. The van der Waals surface area contributed by atoms with Gasteiger partial charge in [0.25, 0.3) is 0 Å². The van der Waals surface area contributed by atoms with Crippen molar-refractivity contribution in [2.45, 2.75) is 13.1 Å². The number of guanidine groups is 1. The summed E-state index contributed by atoms with van der Waals surface area (Å²) >= 11 is 0. The second-order valence-corrected chi connectivity index (χ2v) is 5.80. The first-order chi connectivity index (χ1) is 13.6. The summed E-state index contributed by atoms with van der Waals surface area (Å²) < 4.78 is 21.2. The lowest BCUT2D eigenvalue weighted by atomic mass is 10.2. The Morgan fingerprint density at radius 3 is 2.17 bits per heavy atom. The van der Waals surface area contributed by atoms with E-state index in [1.807, 2.05) is 30.3 Å². The molecule has 0 aliphatic heterocycles. The molecule has 4 N–H and O–H groups in total. The summed E-state index contributed by atoms with van der Waals surface area (Å²) in [7, 11) is 4.75. The molecule has 9 heteroatoms. The van der Waals surface area contributed by atoms with Crippen LogP contribution in [0, 0.1) is 0 Å². The number of ether oxygens (including phenoxy) is 4. The zero-order chi connectivity index (χ0) is 20.4. The number of nitrogens with zero attached hydrogens (tertiary/aromatic N) is 1. The second kappa shape index (κ2) is 12.9. The SMILES string of the molecule is COc1ccc(CN=C(N)NCc2ccc(OCCO)c(OC)c2)cc1OC.I. The predicted molar refractivity (Wildman–Crippen MR) is 123 cm³/mol. The van der Waals surface area contributed by atoms with Crippen molar-refractivity contribution in [2.24, 2.45) is 10.7 Å². The fourth-order valence-electron chi connectivity index (χ4n) is 2.50. The van der Waals surface area contributed by atoms with Crippen molar-refractivity contribution < 1.29 is 24.1 Å². The monoisotopic (exact) mass is 517 g/mol. The quantitative estimate of drug-likeness (QED) is 0.252. The minimum atomic E-state index is -0.0560. The summed E-state index contributed by atoms with van der Waals surface area (Å²) in [5.74, 6) is 2.82. The molecular formula is C20H28IN3O5. The molecule has 0 saturated carbocycles. The minimum absolute atomic E-state index is 0. The van der Waals surface area contributed by atoms with Gasteiger partial charge >= 0.3 is 0 Å². The molecule has 0 amide bonds. The van der Waals surface area contributed by atoms with Crippen LogP contribution in [-0.4, -0.2) is 45.6 Å². The Hall–Kier alpha value is -2.40. The number of aliphatic hydroxyl groups is 1. The first-order valence-corrected chi connectivity index (χ1v) is 8.76. The maximum atomic E-state index is 8.86. The molecule has 2 aromatic rings. The molecular weight excluding hydrogens is 489 g/mol. The Balaban J connectivity index is 0.00000420. The molecule has 0 aromatic heterocycles. The number of benzene rings is 2. The van der Waals surface area contributed by atoms with Crippen molar-refractivity contribution in [3.05, 3.63) is 47.5 Å². The highest BCUT2D eigenvalue weighted by Crippen LogP contribution is 2.28. The number of rotatable bonds is 10. The van der Waals surface area contributed by atoms with Crippen molar-refractivity contribution in [1.82, 2.24) is 5.32 Å². The van der Waals surface area contributed by atoms with Gasteiger partial charge in [-0.2, -0.15) is 0 Å². The Morgan fingerprint density at radius 2 is 1.52 bits per heavy atom. The summed E-state index contributed by atoms with van der Waals surface area (Å²) in [4.78, 5) is 4.34. The van der Waals surface area contributed by atoms with Crippen molar-refractivity contribution in [1.29, 1.82) is 0 Å². The van der Waals surface area contributed by atoms with Crippen molar-refractivity contribution in [3.8, 4) is 23.0 Å². The molecule has 0 spiro atoms. The molecule has 8 nitrogen and oxygen atoms in total. The normalized spacial score (nSPS) is 10.7. The first-order valence-electron chi connectivity index (χ1n) is 8.76. The number of hydrogen-bond donors (Lipinski definition) is 3. The van der Waals surface area contributed by atoms with Gasteiger partial charge in [0.1, 0.15) is 6.61 Å². The summed E-state index contributed by atoms with van der Waals surface area (Å²) in [6.07, 6.45) is 0. The highest BCUT2D eigenvalue weighted by Gasteiger charge is 2.07. The Labute approximate surface area is 188 Å². The van der Waals surface area contributed by atoms with Gasteiger partial charge in [-0.1, -0.05) is 12.1 Å². The standard InChI is InChI=1S/C20H27N3O5.HI/c1-25-16-6-4-14(10-18(16)26-2)12-22-20(21)23-13-15-5-7-17(28-9-8-24)19(11-15)27-3;/h4-7,10-11,24H,8-9,12-13H2,1-3H3,(H3,21,22,23);1H. The minimum Gasteiger partial charge on any atom is -0.493 e. The van der Waals surface area contributed by atoms with Gasteiger partial charge in [-0.15, -0.1) is 24.0 Å². The molecule has 0 fully saturated rings. The topological polar surface area (TPSA) is 108 Å².